The molecule has 0 spiro atoms. The van der Waals surface area contributed by atoms with Gasteiger partial charge in [0.25, 0.3) is 0 Å². The van der Waals surface area contributed by atoms with E-state index >= 15 is 9.59 Å². The van der Waals surface area contributed by atoms with E-state index in [0.29, 0.717) is 22.3 Å². The van der Waals surface area contributed by atoms with Crippen molar-refractivity contribution in [2.45, 2.75) is 18.3 Å². The lowest BCUT2D eigenvalue weighted by Crippen LogP contribution is -2.59. The third kappa shape index (κ3) is 5.40. The van der Waals surface area contributed by atoms with Gasteiger partial charge < -0.3 is 19.9 Å². The molecule has 0 radical (unpaired) electrons. The average molecular weight is 706 g/mol. The van der Waals surface area contributed by atoms with Crippen LogP contribution in [0, 0.1) is 29.6 Å². The number of phenols is 1. The van der Waals surface area contributed by atoms with Crippen LogP contribution in [0.3, 0.4) is 0 Å². The highest BCUT2D eigenvalue weighted by Crippen LogP contribution is 2.61. The molecule has 0 unspecified atom stereocenters. The van der Waals surface area contributed by atoms with Crippen molar-refractivity contribution in [1.82, 2.24) is 0 Å². The summed E-state index contributed by atoms with van der Waals surface area (Å²) in [5.41, 5.74) is 2.15. The molecule has 3 aliphatic carbocycles. The first-order valence-corrected chi connectivity index (χ1v) is 17.7. The van der Waals surface area contributed by atoms with Crippen LogP contribution in [0.4, 0.5) is 5.69 Å². The van der Waals surface area contributed by atoms with Gasteiger partial charge in [0.15, 0.2) is 23.1 Å². The number of amides is 2. The number of ether oxygens (including phenoxy) is 1. The Labute approximate surface area is 306 Å². The van der Waals surface area contributed by atoms with Gasteiger partial charge in [0, 0.05) is 17.4 Å². The summed E-state index contributed by atoms with van der Waals surface area (Å²) in [4.78, 5) is 59.8. The number of Topliss-reactive ketones (excluding diaryl/α,β-unsaturated/α-hetero) is 1. The van der Waals surface area contributed by atoms with Gasteiger partial charge in [-0.3, -0.25) is 24.1 Å². The number of ketones is 2. The Hall–Kier alpha value is -5.84. The van der Waals surface area contributed by atoms with Crippen LogP contribution in [0.5, 0.6) is 11.5 Å². The average Bonchev–Trinajstić information content (AvgIpc) is 3.44. The van der Waals surface area contributed by atoms with Crippen LogP contribution >= 0.6 is 0 Å². The Morgan fingerprint density at radius 3 is 2.30 bits per heavy atom. The van der Waals surface area contributed by atoms with Crippen molar-refractivity contribution in [2.24, 2.45) is 29.6 Å². The van der Waals surface area contributed by atoms with E-state index in [1.54, 1.807) is 36.4 Å². The van der Waals surface area contributed by atoms with Gasteiger partial charge >= 0.3 is 7.12 Å². The van der Waals surface area contributed by atoms with E-state index in [1.165, 1.54) is 31.4 Å². The van der Waals surface area contributed by atoms with E-state index in [9.17, 15) is 24.7 Å². The number of rotatable bonds is 7. The number of nitrogens with zero attached hydrogens (tertiary/aromatic N) is 1. The molecular weight excluding hydrogens is 669 g/mol. The molecule has 1 saturated carbocycles. The molecule has 9 nitrogen and oxygen atoms in total. The number of phenolic OH excluding ortho intramolecular Hbond substituents is 1. The van der Waals surface area contributed by atoms with Crippen LogP contribution in [-0.4, -0.2) is 52.8 Å². The van der Waals surface area contributed by atoms with Gasteiger partial charge in [-0.05, 0) is 71.3 Å². The lowest BCUT2D eigenvalue weighted by atomic mass is 9.45. The SMILES string of the molecule is COc1cc(C=C[C@H]2C3=CC[C@@H]4C(=O)N(c5cccc(B(O)O)c5)C(=O)[C@@H]4[C@@H]3C[C@H]3C(=O)C(c4ccccc4)=CC(=O)[C@@]23c2ccccc2)ccc1O. The van der Waals surface area contributed by atoms with E-state index in [4.69, 9.17) is 4.74 Å². The number of hydrogen-bond acceptors (Lipinski definition) is 8. The van der Waals surface area contributed by atoms with Crippen molar-refractivity contribution in [3.8, 4) is 11.5 Å². The van der Waals surface area contributed by atoms with Crippen molar-refractivity contribution in [3.63, 3.8) is 0 Å². The Morgan fingerprint density at radius 2 is 1.58 bits per heavy atom. The molecule has 4 aliphatic rings. The van der Waals surface area contributed by atoms with Crippen molar-refractivity contribution in [3.05, 3.63) is 144 Å². The molecule has 4 aromatic rings. The van der Waals surface area contributed by atoms with Crippen LogP contribution in [-0.2, 0) is 24.6 Å². The molecule has 6 atom stereocenters. The number of methoxy groups -OCH3 is 1. The summed E-state index contributed by atoms with van der Waals surface area (Å²) in [6.45, 7) is 0. The van der Waals surface area contributed by atoms with Crippen molar-refractivity contribution >= 4 is 53.3 Å². The number of anilines is 1. The highest BCUT2D eigenvalue weighted by atomic mass is 16.5. The molecular formula is C43H36BNO8. The molecule has 1 heterocycles. The molecule has 8 rings (SSSR count). The fourth-order valence-corrected chi connectivity index (χ4v) is 9.21. The normalized spacial score (nSPS) is 26.5. The molecule has 10 heteroatoms. The number of carbonyl (C=O) groups is 4. The van der Waals surface area contributed by atoms with Crippen LogP contribution in [0.1, 0.15) is 29.5 Å². The first-order valence-electron chi connectivity index (χ1n) is 17.7. The maximum absolute atomic E-state index is 15.1. The molecule has 2 amide bonds. The van der Waals surface area contributed by atoms with E-state index in [0.717, 1.165) is 10.5 Å². The molecule has 1 saturated heterocycles. The van der Waals surface area contributed by atoms with Gasteiger partial charge in [-0.2, -0.15) is 0 Å². The second-order valence-corrected chi connectivity index (χ2v) is 14.1. The molecule has 2 fully saturated rings. The van der Waals surface area contributed by atoms with Crippen LogP contribution in [0.2, 0.25) is 0 Å². The standard InChI is InChI=1S/C43H36BNO8/c1-53-37-21-25(16-20-36(37)46)15-19-34-30-17-18-31-39(42(50)45(41(31)49)29-14-8-13-28(22-29)44(51)52)33(30)23-35-40(48)32(26-9-4-2-5-10-26)24-38(47)43(34,35)27-11-6-3-7-12-27/h2-17,19-22,24,31,33-35,39,46,51-52H,18,23H2,1H3/t31-,33+,34-,35-,39-,43-/m0/s1. The van der Waals surface area contributed by atoms with Crippen LogP contribution in [0.25, 0.3) is 11.6 Å². The lowest BCUT2D eigenvalue weighted by molar-refractivity contribution is -0.135. The molecule has 264 valence electrons. The Kier molecular flexibility index (Phi) is 8.59. The number of carbonyl (C=O) groups excluding carboxylic acids is 4. The second kappa shape index (κ2) is 13.3. The highest BCUT2D eigenvalue weighted by Gasteiger charge is 2.65. The number of fused-ring (bicyclic) bond motifs is 4. The van der Waals surface area contributed by atoms with Gasteiger partial charge in [-0.1, -0.05) is 103 Å². The van der Waals surface area contributed by atoms with E-state index < -0.39 is 48.0 Å². The number of benzene rings is 4. The number of imide groups is 1. The maximum Gasteiger partial charge on any atom is 0.488 e. The van der Waals surface area contributed by atoms with Gasteiger partial charge in [-0.25, -0.2) is 0 Å². The Balaban J connectivity index is 1.31. The highest BCUT2D eigenvalue weighted by molar-refractivity contribution is 6.58. The minimum absolute atomic E-state index is 0.0242. The predicted molar refractivity (Wildman–Crippen MR) is 200 cm³/mol. The zero-order chi connectivity index (χ0) is 37.0. The van der Waals surface area contributed by atoms with Crippen LogP contribution < -0.4 is 15.1 Å². The summed E-state index contributed by atoms with van der Waals surface area (Å²) >= 11 is 0. The first-order chi connectivity index (χ1) is 25.6. The third-order valence-corrected chi connectivity index (χ3v) is 11.5. The monoisotopic (exact) mass is 705 g/mol. The Morgan fingerprint density at radius 1 is 0.849 bits per heavy atom. The molecule has 3 N–H and O–H groups in total. The first kappa shape index (κ1) is 34.3. The summed E-state index contributed by atoms with van der Waals surface area (Å²) in [6.07, 6.45) is 7.64. The number of hydrogen-bond donors (Lipinski definition) is 3. The minimum atomic E-state index is -1.79. The minimum Gasteiger partial charge on any atom is -0.504 e. The third-order valence-electron chi connectivity index (χ3n) is 11.5. The quantitative estimate of drug-likeness (QED) is 0.143. The van der Waals surface area contributed by atoms with Gasteiger partial charge in [0.1, 0.15) is 0 Å². The molecule has 4 aromatic carbocycles. The summed E-state index contributed by atoms with van der Waals surface area (Å²) in [5, 5.41) is 29.9. The molecule has 0 aromatic heterocycles. The van der Waals surface area contributed by atoms with Gasteiger partial charge in [0.2, 0.25) is 11.8 Å². The molecule has 0 bridgehead atoms. The molecule has 1 aliphatic heterocycles. The zero-order valence-electron chi connectivity index (χ0n) is 28.8. The van der Waals surface area contributed by atoms with Gasteiger partial charge in [-0.15, -0.1) is 0 Å². The lowest BCUT2D eigenvalue weighted by Gasteiger charge is -2.54. The fraction of sp³-hybridized carbons (Fsp3) is 0.209. The second-order valence-electron chi connectivity index (χ2n) is 14.1. The Bertz CT molecular complexity index is 2250. The zero-order valence-corrected chi connectivity index (χ0v) is 28.8. The maximum atomic E-state index is 15.1. The largest absolute Gasteiger partial charge is 0.504 e. The van der Waals surface area contributed by atoms with Crippen LogP contribution in [0.15, 0.2) is 127 Å². The summed E-state index contributed by atoms with van der Waals surface area (Å²) in [6, 6.07) is 29.4. The fourth-order valence-electron chi connectivity index (χ4n) is 9.21. The summed E-state index contributed by atoms with van der Waals surface area (Å²) in [5.74, 6) is -4.63. The smallest absolute Gasteiger partial charge is 0.488 e. The summed E-state index contributed by atoms with van der Waals surface area (Å²) in [7, 11) is -0.327. The topological polar surface area (TPSA) is 141 Å². The number of aromatic hydroxyl groups is 1. The van der Waals surface area contributed by atoms with E-state index in [1.807, 2.05) is 66.8 Å². The number of allylic oxidation sites excluding steroid dienone is 5. The molecule has 53 heavy (non-hydrogen) atoms. The van der Waals surface area contributed by atoms with E-state index in [2.05, 4.69) is 0 Å². The van der Waals surface area contributed by atoms with Crippen molar-refractivity contribution < 1.29 is 39.1 Å². The van der Waals surface area contributed by atoms with Crippen molar-refractivity contribution in [2.75, 3.05) is 12.0 Å². The van der Waals surface area contributed by atoms with Gasteiger partial charge in [0.05, 0.1) is 30.0 Å². The van der Waals surface area contributed by atoms with E-state index in [-0.39, 0.29) is 53.0 Å². The summed E-state index contributed by atoms with van der Waals surface area (Å²) < 4.78 is 5.36. The predicted octanol–water partition coefficient (Wildman–Crippen LogP) is 4.66. The van der Waals surface area contributed by atoms with Crippen molar-refractivity contribution in [1.29, 1.82) is 0 Å².